The van der Waals surface area contributed by atoms with Gasteiger partial charge in [0.2, 0.25) is 10.0 Å². The van der Waals surface area contributed by atoms with Gasteiger partial charge in [-0.15, -0.1) is 0 Å². The second kappa shape index (κ2) is 3.85. The van der Waals surface area contributed by atoms with E-state index in [0.717, 1.165) is 12.8 Å². The molecule has 6 heteroatoms. The van der Waals surface area contributed by atoms with Crippen LogP contribution in [-0.4, -0.2) is 24.2 Å². The highest BCUT2D eigenvalue weighted by molar-refractivity contribution is 7.89. The fourth-order valence-corrected chi connectivity index (χ4v) is 2.96. The largest absolute Gasteiger partial charge is 0.269 e. The van der Waals surface area contributed by atoms with E-state index < -0.39 is 10.0 Å². The quantitative estimate of drug-likeness (QED) is 0.864. The Morgan fingerprint density at radius 1 is 1.50 bits per heavy atom. The Kier molecular flexibility index (Phi) is 2.79. The van der Waals surface area contributed by atoms with Crippen LogP contribution in [0.1, 0.15) is 38.4 Å². The molecular weight excluding hydrogens is 226 g/mol. The van der Waals surface area contributed by atoms with Gasteiger partial charge in [-0.3, -0.25) is 4.68 Å². The number of hydrogen-bond acceptors (Lipinski definition) is 3. The lowest BCUT2D eigenvalue weighted by Gasteiger charge is -2.04. The molecule has 0 unspecified atom stereocenters. The molecule has 0 bridgehead atoms. The predicted octanol–water partition coefficient (Wildman–Crippen LogP) is 1.21. The van der Waals surface area contributed by atoms with Crippen LogP contribution in [0.15, 0.2) is 11.1 Å². The van der Waals surface area contributed by atoms with Crippen molar-refractivity contribution in [3.8, 4) is 0 Å². The van der Waals surface area contributed by atoms with Gasteiger partial charge in [-0.1, -0.05) is 0 Å². The highest BCUT2D eigenvalue weighted by Gasteiger charge is 2.30. The maximum atomic E-state index is 12.0. The third kappa shape index (κ3) is 2.27. The van der Waals surface area contributed by atoms with E-state index in [2.05, 4.69) is 9.82 Å². The van der Waals surface area contributed by atoms with E-state index in [4.69, 9.17) is 0 Å². The molecule has 0 radical (unpaired) electrons. The molecule has 1 fully saturated rings. The molecule has 1 aromatic rings. The summed E-state index contributed by atoms with van der Waals surface area (Å²) in [5.41, 5.74) is 0.557. The molecule has 1 aliphatic carbocycles. The van der Waals surface area contributed by atoms with Gasteiger partial charge in [-0.25, -0.2) is 13.1 Å². The summed E-state index contributed by atoms with van der Waals surface area (Å²) in [5, 5.41) is 4.20. The van der Waals surface area contributed by atoms with Crippen molar-refractivity contribution in [3.63, 3.8) is 0 Å². The molecule has 90 valence electrons. The molecule has 5 nitrogen and oxygen atoms in total. The van der Waals surface area contributed by atoms with Crippen LogP contribution < -0.4 is 4.72 Å². The van der Waals surface area contributed by atoms with Crippen LogP contribution in [0.4, 0.5) is 0 Å². The van der Waals surface area contributed by atoms with Crippen LogP contribution in [0.2, 0.25) is 0 Å². The summed E-state index contributed by atoms with van der Waals surface area (Å²) >= 11 is 0. The lowest BCUT2D eigenvalue weighted by Crippen LogP contribution is -2.25. The SMILES string of the molecule is Cc1nn(C(C)C)cc1S(=O)(=O)NC1CC1. The van der Waals surface area contributed by atoms with E-state index in [9.17, 15) is 8.42 Å². The number of aryl methyl sites for hydroxylation is 1. The summed E-state index contributed by atoms with van der Waals surface area (Å²) in [4.78, 5) is 0.299. The summed E-state index contributed by atoms with van der Waals surface area (Å²) in [5.74, 6) is 0. The van der Waals surface area contributed by atoms with Crippen LogP contribution >= 0.6 is 0 Å². The highest BCUT2D eigenvalue weighted by Crippen LogP contribution is 2.23. The van der Waals surface area contributed by atoms with Gasteiger partial charge in [0.15, 0.2) is 0 Å². The van der Waals surface area contributed by atoms with Gasteiger partial charge >= 0.3 is 0 Å². The van der Waals surface area contributed by atoms with Crippen molar-refractivity contribution in [2.45, 2.75) is 50.6 Å². The molecule has 0 amide bonds. The molecular formula is C10H17N3O2S. The normalized spacial score (nSPS) is 17.0. The Morgan fingerprint density at radius 2 is 2.12 bits per heavy atom. The third-order valence-electron chi connectivity index (χ3n) is 2.59. The van der Waals surface area contributed by atoms with E-state index in [1.807, 2.05) is 13.8 Å². The Hall–Kier alpha value is -0.880. The Morgan fingerprint density at radius 3 is 2.56 bits per heavy atom. The fourth-order valence-electron chi connectivity index (χ4n) is 1.48. The number of rotatable bonds is 4. The molecule has 1 N–H and O–H groups in total. The molecule has 1 saturated carbocycles. The second-order valence-electron chi connectivity index (χ2n) is 4.55. The van der Waals surface area contributed by atoms with Crippen LogP contribution in [0.3, 0.4) is 0 Å². The van der Waals surface area contributed by atoms with Crippen LogP contribution in [0.5, 0.6) is 0 Å². The maximum absolute atomic E-state index is 12.0. The van der Waals surface area contributed by atoms with Crippen molar-refractivity contribution >= 4 is 10.0 Å². The van der Waals surface area contributed by atoms with Crippen molar-refractivity contribution < 1.29 is 8.42 Å². The lowest BCUT2D eigenvalue weighted by atomic mass is 10.4. The Bertz CT molecular complexity index is 486. The van der Waals surface area contributed by atoms with E-state index in [-0.39, 0.29) is 12.1 Å². The molecule has 0 atom stereocenters. The van der Waals surface area contributed by atoms with Crippen molar-refractivity contribution in [2.24, 2.45) is 0 Å². The minimum Gasteiger partial charge on any atom is -0.269 e. The molecule has 0 aromatic carbocycles. The average molecular weight is 243 g/mol. The third-order valence-corrected chi connectivity index (χ3v) is 4.21. The summed E-state index contributed by atoms with van der Waals surface area (Å²) in [6, 6.07) is 0.301. The van der Waals surface area contributed by atoms with E-state index in [1.54, 1.807) is 17.8 Å². The monoisotopic (exact) mass is 243 g/mol. The van der Waals surface area contributed by atoms with Crippen LogP contribution in [0.25, 0.3) is 0 Å². The average Bonchev–Trinajstić information content (AvgIpc) is 2.84. The van der Waals surface area contributed by atoms with E-state index in [1.165, 1.54) is 0 Å². The zero-order valence-corrected chi connectivity index (χ0v) is 10.6. The Labute approximate surface area is 95.9 Å². The summed E-state index contributed by atoms with van der Waals surface area (Å²) in [6.07, 6.45) is 3.48. The van der Waals surface area contributed by atoms with Gasteiger partial charge in [0, 0.05) is 18.3 Å². The first-order valence-electron chi connectivity index (χ1n) is 5.48. The van der Waals surface area contributed by atoms with Crippen LogP contribution in [0, 0.1) is 6.92 Å². The first kappa shape index (κ1) is 11.6. The maximum Gasteiger partial charge on any atom is 0.244 e. The summed E-state index contributed by atoms with van der Waals surface area (Å²) in [7, 11) is -3.37. The number of aromatic nitrogens is 2. The molecule has 0 saturated heterocycles. The Balaban J connectivity index is 2.31. The van der Waals surface area contributed by atoms with Gasteiger partial charge < -0.3 is 0 Å². The predicted molar refractivity (Wildman–Crippen MR) is 60.7 cm³/mol. The van der Waals surface area contributed by atoms with Crippen molar-refractivity contribution in [1.82, 2.24) is 14.5 Å². The molecule has 16 heavy (non-hydrogen) atoms. The number of nitrogens with one attached hydrogen (secondary N) is 1. The number of sulfonamides is 1. The topological polar surface area (TPSA) is 64.0 Å². The van der Waals surface area contributed by atoms with Gasteiger partial charge in [0.25, 0.3) is 0 Å². The molecule has 0 spiro atoms. The smallest absolute Gasteiger partial charge is 0.244 e. The molecule has 1 aliphatic rings. The van der Waals surface area contributed by atoms with Crippen LogP contribution in [-0.2, 0) is 10.0 Å². The van der Waals surface area contributed by atoms with Gasteiger partial charge in [-0.05, 0) is 33.6 Å². The van der Waals surface area contributed by atoms with Crippen molar-refractivity contribution in [1.29, 1.82) is 0 Å². The van der Waals surface area contributed by atoms with Gasteiger partial charge in [0.05, 0.1) is 5.69 Å². The van der Waals surface area contributed by atoms with E-state index >= 15 is 0 Å². The minimum atomic E-state index is -3.37. The summed E-state index contributed by atoms with van der Waals surface area (Å²) < 4.78 is 28.3. The van der Waals surface area contributed by atoms with E-state index in [0.29, 0.717) is 10.6 Å². The first-order valence-corrected chi connectivity index (χ1v) is 6.96. The zero-order valence-electron chi connectivity index (χ0n) is 9.77. The molecule has 1 heterocycles. The van der Waals surface area contributed by atoms with Crippen molar-refractivity contribution in [2.75, 3.05) is 0 Å². The van der Waals surface area contributed by atoms with Gasteiger partial charge in [-0.2, -0.15) is 5.10 Å². The second-order valence-corrected chi connectivity index (χ2v) is 6.23. The lowest BCUT2D eigenvalue weighted by molar-refractivity contribution is 0.528. The molecule has 2 rings (SSSR count). The summed E-state index contributed by atoms with van der Waals surface area (Å²) in [6.45, 7) is 5.66. The number of nitrogens with zero attached hydrogens (tertiary/aromatic N) is 2. The van der Waals surface area contributed by atoms with Crippen molar-refractivity contribution in [3.05, 3.63) is 11.9 Å². The highest BCUT2D eigenvalue weighted by atomic mass is 32.2. The number of hydrogen-bond donors (Lipinski definition) is 1. The molecule has 1 aromatic heterocycles. The molecule has 0 aliphatic heterocycles. The van der Waals surface area contributed by atoms with Gasteiger partial charge in [0.1, 0.15) is 4.90 Å². The minimum absolute atomic E-state index is 0.131. The zero-order chi connectivity index (χ0) is 11.9. The first-order chi connectivity index (χ1) is 7.40. The fraction of sp³-hybridized carbons (Fsp3) is 0.700. The standard InChI is InChI=1S/C10H17N3O2S/c1-7(2)13-6-10(8(3)11-13)16(14,15)12-9-4-5-9/h6-7,9,12H,4-5H2,1-3H3.